The minimum absolute atomic E-state index is 0.0966. The molecule has 0 bridgehead atoms. The number of ether oxygens (including phenoxy) is 2. The highest BCUT2D eigenvalue weighted by Gasteiger charge is 2.24. The smallest absolute Gasteiger partial charge is 0.435 e. The predicted molar refractivity (Wildman–Crippen MR) is 64.2 cm³/mol. The number of hydrogen-bond donors (Lipinski definition) is 0. The molecule has 0 aromatic carbocycles. The molecule has 0 aromatic rings. The second-order valence-corrected chi connectivity index (χ2v) is 10.4. The van der Waals surface area contributed by atoms with E-state index in [9.17, 15) is 9.00 Å². The van der Waals surface area contributed by atoms with Gasteiger partial charge in [-0.25, -0.2) is 4.79 Å². The molecule has 15 heavy (non-hydrogen) atoms. The van der Waals surface area contributed by atoms with Crippen LogP contribution in [0, 0.1) is 0 Å². The zero-order valence-electron chi connectivity index (χ0n) is 9.81. The van der Waals surface area contributed by atoms with Crippen LogP contribution in [0.2, 0.25) is 0 Å². The lowest BCUT2D eigenvalue weighted by molar-refractivity contribution is 0.0727. The van der Waals surface area contributed by atoms with Gasteiger partial charge in [-0.1, -0.05) is 0 Å². The molecule has 0 heterocycles. The summed E-state index contributed by atoms with van der Waals surface area (Å²) in [6.07, 6.45) is 4.28. The zero-order valence-corrected chi connectivity index (χ0v) is 11.4. The van der Waals surface area contributed by atoms with Gasteiger partial charge in [0.25, 0.3) is 0 Å². The molecule has 0 aromatic heterocycles. The van der Waals surface area contributed by atoms with Crippen molar-refractivity contribution in [2.45, 2.75) is 6.92 Å². The van der Waals surface area contributed by atoms with E-state index in [2.05, 4.69) is 4.74 Å². The Kier molecular flexibility index (Phi) is 5.08. The zero-order chi connectivity index (χ0) is 12.1. The summed E-state index contributed by atoms with van der Waals surface area (Å²) in [4.78, 5) is 10.8. The summed E-state index contributed by atoms with van der Waals surface area (Å²) >= 11 is 1.18. The molecule has 0 rings (SSSR count). The second-order valence-electron chi connectivity index (χ2n) is 3.86. The van der Waals surface area contributed by atoms with E-state index in [0.29, 0.717) is 0 Å². The highest BCUT2D eigenvalue weighted by Crippen LogP contribution is 2.25. The standard InChI is InChI=1S/C8H19NO4S2/c1-6-12-8(10)13-7-14-9(2)15(3,4,5)11/h6-7H2,1-5H3. The molecule has 0 spiro atoms. The molecule has 0 aliphatic heterocycles. The lowest BCUT2D eigenvalue weighted by atomic mass is 10.9. The molecule has 0 amide bonds. The number of nitrogens with zero attached hydrogens (tertiary/aromatic N) is 1. The summed E-state index contributed by atoms with van der Waals surface area (Å²) in [5.74, 6) is 0.0966. The number of hydrogen-bond acceptors (Lipinski definition) is 5. The average Bonchev–Trinajstić information content (AvgIpc) is 2.01. The van der Waals surface area contributed by atoms with Gasteiger partial charge < -0.3 is 9.47 Å². The van der Waals surface area contributed by atoms with Crippen molar-refractivity contribution in [3.8, 4) is 0 Å². The van der Waals surface area contributed by atoms with Crippen LogP contribution in [0.4, 0.5) is 4.79 Å². The van der Waals surface area contributed by atoms with Crippen molar-refractivity contribution in [3.05, 3.63) is 0 Å². The van der Waals surface area contributed by atoms with Crippen molar-refractivity contribution in [1.82, 2.24) is 3.71 Å². The quantitative estimate of drug-likeness (QED) is 0.422. The van der Waals surface area contributed by atoms with Crippen molar-refractivity contribution in [3.63, 3.8) is 0 Å². The fraction of sp³-hybridized carbons (Fsp3) is 0.875. The summed E-state index contributed by atoms with van der Waals surface area (Å²) < 4.78 is 22.9. The molecule has 5 nitrogen and oxygen atoms in total. The van der Waals surface area contributed by atoms with Gasteiger partial charge in [0.2, 0.25) is 0 Å². The Morgan fingerprint density at radius 1 is 1.33 bits per heavy atom. The fourth-order valence-corrected chi connectivity index (χ4v) is 2.35. The third kappa shape index (κ3) is 6.75. The van der Waals surface area contributed by atoms with Crippen molar-refractivity contribution in [1.29, 1.82) is 0 Å². The van der Waals surface area contributed by atoms with Gasteiger partial charge in [0.15, 0.2) is 5.94 Å². The molecular weight excluding hydrogens is 238 g/mol. The van der Waals surface area contributed by atoms with Gasteiger partial charge in [0.05, 0.1) is 6.61 Å². The largest absolute Gasteiger partial charge is 0.509 e. The summed E-state index contributed by atoms with van der Waals surface area (Å²) in [6.45, 7) is 1.99. The van der Waals surface area contributed by atoms with E-state index in [1.165, 1.54) is 11.9 Å². The Morgan fingerprint density at radius 3 is 2.27 bits per heavy atom. The van der Waals surface area contributed by atoms with Crippen LogP contribution in [0.5, 0.6) is 0 Å². The first-order valence-corrected chi connectivity index (χ1v) is 8.48. The molecule has 0 atom stereocenters. The number of rotatable bonds is 5. The topological polar surface area (TPSA) is 55.8 Å². The molecule has 0 saturated carbocycles. The Bertz CT molecular complexity index is 275. The normalized spacial score (nSPS) is 14.4. The Balaban J connectivity index is 3.89. The first kappa shape index (κ1) is 14.7. The monoisotopic (exact) mass is 257 g/mol. The molecule has 0 aliphatic rings. The Labute approximate surface area is 95.1 Å². The molecular formula is C8H19NO4S2. The summed E-state index contributed by atoms with van der Waals surface area (Å²) in [6, 6.07) is 0. The van der Waals surface area contributed by atoms with Crippen LogP contribution in [0.25, 0.3) is 0 Å². The Hall–Kier alpha value is -0.270. The van der Waals surface area contributed by atoms with Crippen LogP contribution in [0.1, 0.15) is 6.92 Å². The van der Waals surface area contributed by atoms with E-state index < -0.39 is 15.4 Å². The van der Waals surface area contributed by atoms with Gasteiger partial charge in [-0.15, -0.1) is 0 Å². The van der Waals surface area contributed by atoms with Crippen molar-refractivity contribution < 1.29 is 18.5 Å². The maximum atomic E-state index is 12.0. The van der Waals surface area contributed by atoms with Gasteiger partial charge in [0, 0.05) is 25.8 Å². The van der Waals surface area contributed by atoms with E-state index in [1.54, 1.807) is 36.4 Å². The second kappa shape index (κ2) is 5.18. The fourth-order valence-electron chi connectivity index (χ4n) is 0.488. The molecule has 92 valence electrons. The maximum absolute atomic E-state index is 12.0. The van der Waals surface area contributed by atoms with Crippen LogP contribution in [-0.4, -0.2) is 52.4 Å². The van der Waals surface area contributed by atoms with Crippen molar-refractivity contribution in [2.75, 3.05) is 38.4 Å². The molecule has 0 N–H and O–H groups in total. The van der Waals surface area contributed by atoms with Crippen LogP contribution >= 0.6 is 11.9 Å². The summed E-state index contributed by atoms with van der Waals surface area (Å²) in [7, 11) is -1.06. The predicted octanol–water partition coefficient (Wildman–Crippen LogP) is 1.32. The summed E-state index contributed by atoms with van der Waals surface area (Å²) in [5.41, 5.74) is 0. The van der Waals surface area contributed by atoms with E-state index in [0.717, 1.165) is 0 Å². The van der Waals surface area contributed by atoms with E-state index in [1.807, 2.05) is 0 Å². The minimum atomic E-state index is -2.76. The molecule has 0 radical (unpaired) electrons. The average molecular weight is 257 g/mol. The molecule has 0 saturated heterocycles. The van der Waals surface area contributed by atoms with Crippen LogP contribution in [0.3, 0.4) is 0 Å². The first-order valence-electron chi connectivity index (χ1n) is 4.39. The highest BCUT2D eigenvalue weighted by atomic mass is 32.3. The Morgan fingerprint density at radius 2 is 1.87 bits per heavy atom. The van der Waals surface area contributed by atoms with E-state index >= 15 is 0 Å². The van der Waals surface area contributed by atoms with Crippen LogP contribution in [-0.2, 0) is 18.7 Å². The highest BCUT2D eigenvalue weighted by molar-refractivity contribution is 8.23. The van der Waals surface area contributed by atoms with Gasteiger partial charge in [0.1, 0.15) is 0 Å². The van der Waals surface area contributed by atoms with Gasteiger partial charge >= 0.3 is 6.16 Å². The number of carbonyl (C=O) groups excluding carboxylic acids is 1. The SMILES string of the molecule is CCOC(=O)OCSN(C)S(C)(C)(C)=O. The van der Waals surface area contributed by atoms with E-state index in [4.69, 9.17) is 4.74 Å². The van der Waals surface area contributed by atoms with Crippen molar-refractivity contribution in [2.24, 2.45) is 0 Å². The lowest BCUT2D eigenvalue weighted by Crippen LogP contribution is -2.41. The molecule has 0 unspecified atom stereocenters. The molecule has 0 aliphatic carbocycles. The van der Waals surface area contributed by atoms with Gasteiger partial charge in [-0.3, -0.25) is 4.21 Å². The molecule has 7 heteroatoms. The van der Waals surface area contributed by atoms with Crippen LogP contribution < -0.4 is 0 Å². The first-order chi connectivity index (χ1) is 6.63. The minimum Gasteiger partial charge on any atom is -0.435 e. The third-order valence-electron chi connectivity index (χ3n) is 1.55. The molecule has 0 fully saturated rings. The van der Waals surface area contributed by atoms with E-state index in [-0.39, 0.29) is 12.5 Å². The van der Waals surface area contributed by atoms with Crippen LogP contribution in [0.15, 0.2) is 0 Å². The van der Waals surface area contributed by atoms with Crippen molar-refractivity contribution >= 4 is 27.4 Å². The lowest BCUT2D eigenvalue weighted by Gasteiger charge is -2.37. The third-order valence-corrected chi connectivity index (χ3v) is 5.73. The maximum Gasteiger partial charge on any atom is 0.509 e. The number of carbonyl (C=O) groups is 1. The summed E-state index contributed by atoms with van der Waals surface area (Å²) in [5, 5.41) is 0. The van der Waals surface area contributed by atoms with Gasteiger partial charge in [-0.05, 0) is 28.1 Å². The van der Waals surface area contributed by atoms with Gasteiger partial charge in [-0.2, -0.15) is 3.71 Å².